The van der Waals surface area contributed by atoms with E-state index in [1.54, 1.807) is 0 Å². The van der Waals surface area contributed by atoms with Crippen molar-refractivity contribution in [2.24, 2.45) is 0 Å². The lowest BCUT2D eigenvalue weighted by molar-refractivity contribution is 0.803. The zero-order chi connectivity index (χ0) is 14.8. The smallest absolute Gasteiger partial charge is 0.0360 e. The number of hydrogen-bond acceptors (Lipinski definition) is 3. The van der Waals surface area contributed by atoms with E-state index in [0.29, 0.717) is 0 Å². The molecule has 3 heteroatoms. The monoisotopic (exact) mass is 313 g/mol. The van der Waals surface area contributed by atoms with Gasteiger partial charge in [0.05, 0.1) is 0 Å². The van der Waals surface area contributed by atoms with Crippen molar-refractivity contribution in [1.29, 1.82) is 0 Å². The summed E-state index contributed by atoms with van der Waals surface area (Å²) in [6, 6.07) is 15.2. The Hall–Kier alpha value is -1.29. The van der Waals surface area contributed by atoms with Gasteiger partial charge in [0, 0.05) is 31.3 Å². The summed E-state index contributed by atoms with van der Waals surface area (Å²) in [4.78, 5) is 4.16. The van der Waals surface area contributed by atoms with E-state index in [2.05, 4.69) is 61.6 Å². The Bertz CT molecular complexity index is 774. The van der Waals surface area contributed by atoms with E-state index in [4.69, 9.17) is 0 Å². The molecule has 1 N–H and O–H groups in total. The summed E-state index contributed by atoms with van der Waals surface area (Å²) >= 11 is 3.80. The highest BCUT2D eigenvalue weighted by molar-refractivity contribution is 7.99. The van der Waals surface area contributed by atoms with E-state index in [9.17, 15) is 0 Å². The Kier molecular flexibility index (Phi) is 4.34. The van der Waals surface area contributed by atoms with E-state index in [1.165, 1.54) is 35.9 Å². The predicted octanol–water partition coefficient (Wildman–Crippen LogP) is 5.39. The first-order chi connectivity index (χ1) is 10.2. The highest BCUT2D eigenvalue weighted by atomic mass is 32.2. The van der Waals surface area contributed by atoms with Crippen LogP contribution in [0.15, 0.2) is 52.3 Å². The molecule has 108 valence electrons. The van der Waals surface area contributed by atoms with E-state index in [0.717, 1.165) is 6.54 Å². The van der Waals surface area contributed by atoms with Gasteiger partial charge in [-0.1, -0.05) is 42.1 Å². The normalized spacial score (nSPS) is 11.2. The van der Waals surface area contributed by atoms with Crippen LogP contribution in [0.2, 0.25) is 0 Å². The highest BCUT2D eigenvalue weighted by Gasteiger charge is 2.13. The van der Waals surface area contributed by atoms with Crippen molar-refractivity contribution >= 4 is 33.2 Å². The van der Waals surface area contributed by atoms with Crippen LogP contribution >= 0.6 is 23.1 Å². The molecular formula is C18H19NS2. The van der Waals surface area contributed by atoms with Crippen LogP contribution in [0.5, 0.6) is 0 Å². The number of aryl methyl sites for hydroxylation is 2. The van der Waals surface area contributed by atoms with Crippen molar-refractivity contribution in [1.82, 2.24) is 5.32 Å². The minimum atomic E-state index is 0.906. The molecule has 3 aromatic rings. The average Bonchev–Trinajstić information content (AvgIpc) is 2.79. The lowest BCUT2D eigenvalue weighted by Crippen LogP contribution is -2.05. The average molecular weight is 313 g/mol. The lowest BCUT2D eigenvalue weighted by atomic mass is 10.1. The van der Waals surface area contributed by atoms with Crippen LogP contribution in [0.4, 0.5) is 0 Å². The molecule has 1 nitrogen and oxygen atoms in total. The summed E-state index contributed by atoms with van der Waals surface area (Å²) in [5, 5.41) is 4.68. The fourth-order valence-electron chi connectivity index (χ4n) is 2.58. The molecule has 0 unspecified atom stereocenters. The Morgan fingerprint density at radius 3 is 2.67 bits per heavy atom. The standard InChI is InChI=1S/C18H19NS2/c1-12-7-6-10-16-17(12)18(13(2)20-16)21-15-9-5-4-8-14(15)11-19-3/h4-10,19H,11H2,1-3H3. The predicted molar refractivity (Wildman–Crippen MR) is 94.6 cm³/mol. The maximum atomic E-state index is 3.26. The van der Waals surface area contributed by atoms with Crippen molar-refractivity contribution in [2.75, 3.05) is 7.05 Å². The summed E-state index contributed by atoms with van der Waals surface area (Å²) in [6.07, 6.45) is 0. The molecule has 0 atom stereocenters. The summed E-state index contributed by atoms with van der Waals surface area (Å²) in [7, 11) is 2.00. The van der Waals surface area contributed by atoms with Crippen molar-refractivity contribution in [3.63, 3.8) is 0 Å². The molecule has 21 heavy (non-hydrogen) atoms. The highest BCUT2D eigenvalue weighted by Crippen LogP contribution is 2.43. The minimum Gasteiger partial charge on any atom is -0.316 e. The van der Waals surface area contributed by atoms with Crippen LogP contribution < -0.4 is 5.32 Å². The fraction of sp³-hybridized carbons (Fsp3) is 0.222. The van der Waals surface area contributed by atoms with Crippen LogP contribution in [-0.4, -0.2) is 7.05 Å². The first-order valence-corrected chi connectivity index (χ1v) is 8.73. The Balaban J connectivity index is 2.08. The summed E-state index contributed by atoms with van der Waals surface area (Å²) < 4.78 is 1.39. The summed E-state index contributed by atoms with van der Waals surface area (Å²) in [5.74, 6) is 0. The molecule has 0 saturated carbocycles. The van der Waals surface area contributed by atoms with Crippen LogP contribution in [0, 0.1) is 13.8 Å². The number of rotatable bonds is 4. The van der Waals surface area contributed by atoms with Gasteiger partial charge in [-0.15, -0.1) is 11.3 Å². The second-order valence-electron chi connectivity index (χ2n) is 5.18. The molecule has 3 rings (SSSR count). The van der Waals surface area contributed by atoms with Gasteiger partial charge >= 0.3 is 0 Å². The first-order valence-electron chi connectivity index (χ1n) is 7.09. The molecule has 1 aromatic heterocycles. The number of fused-ring (bicyclic) bond motifs is 1. The van der Waals surface area contributed by atoms with E-state index >= 15 is 0 Å². The van der Waals surface area contributed by atoms with Crippen LogP contribution in [0.3, 0.4) is 0 Å². The van der Waals surface area contributed by atoms with Crippen LogP contribution in [0.25, 0.3) is 10.1 Å². The Labute approximate surface area is 134 Å². The van der Waals surface area contributed by atoms with Crippen LogP contribution in [-0.2, 0) is 6.54 Å². The molecule has 0 aliphatic rings. The molecule has 0 amide bonds. The molecule has 0 spiro atoms. The second-order valence-corrected chi connectivity index (χ2v) is 7.48. The molecule has 0 saturated heterocycles. The molecular weight excluding hydrogens is 294 g/mol. The Morgan fingerprint density at radius 2 is 1.86 bits per heavy atom. The van der Waals surface area contributed by atoms with Crippen molar-refractivity contribution in [2.45, 2.75) is 30.2 Å². The lowest BCUT2D eigenvalue weighted by Gasteiger charge is -2.09. The third-order valence-corrected chi connectivity index (χ3v) is 6.13. The zero-order valence-corrected chi connectivity index (χ0v) is 14.2. The largest absolute Gasteiger partial charge is 0.316 e. The quantitative estimate of drug-likeness (QED) is 0.693. The SMILES string of the molecule is CNCc1ccccc1Sc1c(C)sc2cccc(C)c12. The number of benzene rings is 2. The molecule has 0 aliphatic heterocycles. The van der Waals surface area contributed by atoms with Gasteiger partial charge in [0.25, 0.3) is 0 Å². The summed E-state index contributed by atoms with van der Waals surface area (Å²) in [5.41, 5.74) is 2.72. The van der Waals surface area contributed by atoms with Gasteiger partial charge in [0.15, 0.2) is 0 Å². The Morgan fingerprint density at radius 1 is 1.05 bits per heavy atom. The summed E-state index contributed by atoms with van der Waals surface area (Å²) in [6.45, 7) is 5.34. The van der Waals surface area contributed by atoms with Gasteiger partial charge in [-0.2, -0.15) is 0 Å². The second kappa shape index (κ2) is 6.22. The van der Waals surface area contributed by atoms with Gasteiger partial charge < -0.3 is 5.32 Å². The fourth-order valence-corrected chi connectivity index (χ4v) is 5.08. The first kappa shape index (κ1) is 14.6. The topological polar surface area (TPSA) is 12.0 Å². The van der Waals surface area contributed by atoms with Gasteiger partial charge in [0.1, 0.15) is 0 Å². The van der Waals surface area contributed by atoms with E-state index < -0.39 is 0 Å². The van der Waals surface area contributed by atoms with Gasteiger partial charge in [-0.25, -0.2) is 0 Å². The number of nitrogens with one attached hydrogen (secondary N) is 1. The van der Waals surface area contributed by atoms with Crippen molar-refractivity contribution in [3.8, 4) is 0 Å². The zero-order valence-electron chi connectivity index (χ0n) is 12.6. The van der Waals surface area contributed by atoms with Gasteiger partial charge in [0.2, 0.25) is 0 Å². The number of thiophene rings is 1. The number of hydrogen-bond donors (Lipinski definition) is 1. The van der Waals surface area contributed by atoms with Crippen LogP contribution in [0.1, 0.15) is 16.0 Å². The van der Waals surface area contributed by atoms with Gasteiger partial charge in [-0.05, 0) is 44.2 Å². The molecule has 0 radical (unpaired) electrons. The third kappa shape index (κ3) is 2.86. The van der Waals surface area contributed by atoms with E-state index in [-0.39, 0.29) is 0 Å². The van der Waals surface area contributed by atoms with Crippen molar-refractivity contribution < 1.29 is 0 Å². The molecule has 1 heterocycles. The molecule has 2 aromatic carbocycles. The van der Waals surface area contributed by atoms with E-state index in [1.807, 2.05) is 30.1 Å². The molecule has 0 bridgehead atoms. The van der Waals surface area contributed by atoms with Gasteiger partial charge in [-0.3, -0.25) is 0 Å². The minimum absolute atomic E-state index is 0.906. The molecule has 0 fully saturated rings. The molecule has 0 aliphatic carbocycles. The maximum Gasteiger partial charge on any atom is 0.0360 e. The third-order valence-electron chi connectivity index (χ3n) is 3.60. The maximum absolute atomic E-state index is 3.26. The van der Waals surface area contributed by atoms with Crippen molar-refractivity contribution in [3.05, 3.63) is 58.5 Å².